The van der Waals surface area contributed by atoms with Gasteiger partial charge in [0.05, 0.1) is 36.7 Å². The van der Waals surface area contributed by atoms with Gasteiger partial charge in [0, 0.05) is 35.0 Å². The molecule has 17 heteroatoms. The number of rotatable bonds is 14. The number of hydrogen-bond acceptors (Lipinski definition) is 12. The Morgan fingerprint density at radius 3 is 1.95 bits per heavy atom. The Morgan fingerprint density at radius 1 is 0.804 bits per heavy atom. The molecule has 0 saturated heterocycles. The van der Waals surface area contributed by atoms with Gasteiger partial charge in [0.15, 0.2) is 0 Å². The van der Waals surface area contributed by atoms with Gasteiger partial charge in [-0.3, -0.25) is 0 Å². The highest BCUT2D eigenvalue weighted by Crippen LogP contribution is 2.46. The van der Waals surface area contributed by atoms with E-state index in [1.165, 1.54) is 42.7 Å². The van der Waals surface area contributed by atoms with E-state index in [-0.39, 0.29) is 77.6 Å². The van der Waals surface area contributed by atoms with E-state index in [0.717, 1.165) is 6.07 Å². The average Bonchev–Trinajstić information content (AvgIpc) is 3.17. The summed E-state index contributed by atoms with van der Waals surface area (Å²) < 4.78 is 72.8. The van der Waals surface area contributed by atoms with Gasteiger partial charge in [-0.15, -0.1) is 0 Å². The molecule has 2 aromatic heterocycles. The summed E-state index contributed by atoms with van der Waals surface area (Å²) in [7, 11) is 0. The Hall–Kier alpha value is -5.65. The van der Waals surface area contributed by atoms with Crippen molar-refractivity contribution >= 4 is 23.5 Å². The summed E-state index contributed by atoms with van der Waals surface area (Å²) in [6, 6.07) is 14.6. The zero-order chi connectivity index (χ0) is 40.5. The molecule has 6 N–H and O–H groups in total. The van der Waals surface area contributed by atoms with Crippen molar-refractivity contribution in [2.45, 2.75) is 82.8 Å². The fourth-order valence-corrected chi connectivity index (χ4v) is 7.03. The first-order valence-electron chi connectivity index (χ1n) is 18.0. The third kappa shape index (κ3) is 8.29. The van der Waals surface area contributed by atoms with E-state index in [2.05, 4.69) is 41.2 Å². The Bertz CT molecular complexity index is 2140. The highest BCUT2D eigenvalue weighted by molar-refractivity contribution is 5.56. The quantitative estimate of drug-likeness (QED) is 0.0792. The first kappa shape index (κ1) is 40.0. The van der Waals surface area contributed by atoms with E-state index in [9.17, 15) is 42.7 Å². The summed E-state index contributed by atoms with van der Waals surface area (Å²) >= 11 is 0. The molecule has 2 aliphatic rings. The minimum atomic E-state index is -4.69. The second kappa shape index (κ2) is 15.5. The largest absolute Gasteiger partial charge is 0.416 e. The van der Waals surface area contributed by atoms with Crippen molar-refractivity contribution < 1.29 is 32.2 Å². The van der Waals surface area contributed by atoms with Gasteiger partial charge in [0.2, 0.25) is 11.9 Å². The number of hydrogen-bond donors (Lipinski definition) is 6. The minimum absolute atomic E-state index is 0.0208. The Morgan fingerprint density at radius 2 is 1.39 bits per heavy atom. The van der Waals surface area contributed by atoms with Crippen LogP contribution in [0.2, 0.25) is 0 Å². The standard InChI is InChI=1S/C39H41F5N10O2/c1-36(2)28(14-30(36)55)51-32-24(17-45)19-48-34(53-32)47-12-11-23-10-9-22(13-27(23)39(42,43)44)16-37(3)29(15-31(37)56)52-33-25(18-46)20-49-35(54-33)50-21-38(40,41)26-7-5-4-6-8-26/h4-10,13,19-20,28-31,55-56H,11-12,14-16,21H2,1-3H3,(H2,47,48,51,53)(H2,49,50,52,54)/t28-,29-,30+,31+,37?/m1/s1. The van der Waals surface area contributed by atoms with Crippen LogP contribution in [0.1, 0.15) is 67.0 Å². The molecule has 0 bridgehead atoms. The highest BCUT2D eigenvalue weighted by atomic mass is 19.4. The van der Waals surface area contributed by atoms with Crippen molar-refractivity contribution in [3.8, 4) is 12.1 Å². The Labute approximate surface area is 320 Å². The lowest BCUT2D eigenvalue weighted by Crippen LogP contribution is -2.60. The molecule has 2 saturated carbocycles. The predicted molar refractivity (Wildman–Crippen MR) is 198 cm³/mol. The smallest absolute Gasteiger partial charge is 0.392 e. The molecule has 6 rings (SSSR count). The number of alkyl halides is 5. The second-order valence-electron chi connectivity index (χ2n) is 15.1. The number of nitrogens with zero attached hydrogens (tertiary/aromatic N) is 6. The van der Waals surface area contributed by atoms with Crippen LogP contribution in [0.15, 0.2) is 60.9 Å². The maximum absolute atomic E-state index is 14.8. The molecule has 0 aliphatic heterocycles. The summed E-state index contributed by atoms with van der Waals surface area (Å²) in [5, 5.41) is 51.9. The molecule has 0 radical (unpaired) electrons. The third-order valence-electron chi connectivity index (χ3n) is 11.1. The summed E-state index contributed by atoms with van der Waals surface area (Å²) in [5.74, 6) is -2.99. The molecular weight excluding hydrogens is 735 g/mol. The number of nitrogens with one attached hydrogen (secondary N) is 4. The van der Waals surface area contributed by atoms with E-state index in [4.69, 9.17) is 0 Å². The first-order valence-corrected chi connectivity index (χ1v) is 18.0. The monoisotopic (exact) mass is 776 g/mol. The van der Waals surface area contributed by atoms with Crippen molar-refractivity contribution in [2.24, 2.45) is 10.8 Å². The second-order valence-corrected chi connectivity index (χ2v) is 15.1. The van der Waals surface area contributed by atoms with Crippen LogP contribution in [-0.4, -0.2) is 67.5 Å². The molecule has 0 spiro atoms. The fourth-order valence-electron chi connectivity index (χ4n) is 7.03. The molecule has 2 aromatic carbocycles. The van der Waals surface area contributed by atoms with Gasteiger partial charge in [-0.25, -0.2) is 9.97 Å². The van der Waals surface area contributed by atoms with E-state index in [1.807, 2.05) is 26.0 Å². The van der Waals surface area contributed by atoms with Crippen molar-refractivity contribution in [3.05, 3.63) is 94.3 Å². The molecular formula is C39H41F5N10O2. The van der Waals surface area contributed by atoms with Gasteiger partial charge < -0.3 is 31.5 Å². The van der Waals surface area contributed by atoms with Gasteiger partial charge in [-0.2, -0.15) is 42.4 Å². The number of aliphatic hydroxyl groups excluding tert-OH is 2. The normalized spacial score (nSPS) is 22.8. The molecule has 56 heavy (non-hydrogen) atoms. The van der Waals surface area contributed by atoms with Crippen LogP contribution in [0.3, 0.4) is 0 Å². The van der Waals surface area contributed by atoms with Crippen LogP contribution in [0.4, 0.5) is 45.5 Å². The van der Waals surface area contributed by atoms with Crippen molar-refractivity contribution in [1.82, 2.24) is 19.9 Å². The highest BCUT2D eigenvalue weighted by Gasteiger charge is 2.51. The van der Waals surface area contributed by atoms with Crippen LogP contribution >= 0.6 is 0 Å². The molecule has 4 aromatic rings. The molecule has 0 amide bonds. The average molecular weight is 777 g/mol. The van der Waals surface area contributed by atoms with Crippen LogP contribution in [-0.2, 0) is 24.9 Å². The van der Waals surface area contributed by atoms with Gasteiger partial charge >= 0.3 is 6.18 Å². The zero-order valence-corrected chi connectivity index (χ0v) is 30.8. The Balaban J connectivity index is 1.12. The lowest BCUT2D eigenvalue weighted by atomic mass is 9.60. The number of aliphatic hydroxyl groups is 2. The predicted octanol–water partition coefficient (Wildman–Crippen LogP) is 6.25. The summed E-state index contributed by atoms with van der Waals surface area (Å²) in [4.78, 5) is 16.7. The van der Waals surface area contributed by atoms with Gasteiger partial charge in [-0.05, 0) is 42.9 Å². The summed E-state index contributed by atoms with van der Waals surface area (Å²) in [6.07, 6.45) is -2.92. The van der Waals surface area contributed by atoms with Crippen molar-refractivity contribution in [3.63, 3.8) is 0 Å². The fraction of sp³-hybridized carbons (Fsp3) is 0.436. The number of benzene rings is 2. The number of aromatic nitrogens is 4. The molecule has 12 nitrogen and oxygen atoms in total. The zero-order valence-electron chi connectivity index (χ0n) is 30.8. The van der Waals surface area contributed by atoms with E-state index >= 15 is 0 Å². The molecule has 294 valence electrons. The van der Waals surface area contributed by atoms with Crippen LogP contribution < -0.4 is 21.3 Å². The number of anilines is 4. The van der Waals surface area contributed by atoms with Crippen LogP contribution in [0, 0.1) is 33.5 Å². The summed E-state index contributed by atoms with van der Waals surface area (Å²) in [6.45, 7) is 4.72. The van der Waals surface area contributed by atoms with E-state index < -0.39 is 53.3 Å². The lowest BCUT2D eigenvalue weighted by molar-refractivity contribution is -0.138. The van der Waals surface area contributed by atoms with Gasteiger partial charge in [0.25, 0.3) is 5.92 Å². The van der Waals surface area contributed by atoms with Crippen molar-refractivity contribution in [1.29, 1.82) is 10.5 Å². The molecule has 5 atom stereocenters. The van der Waals surface area contributed by atoms with E-state index in [0.29, 0.717) is 12.0 Å². The summed E-state index contributed by atoms with van der Waals surface area (Å²) in [5.41, 5.74) is -1.90. The topological polar surface area (TPSA) is 188 Å². The number of nitriles is 2. The minimum Gasteiger partial charge on any atom is -0.392 e. The first-order chi connectivity index (χ1) is 26.4. The Kier molecular flexibility index (Phi) is 11.1. The molecule has 2 heterocycles. The maximum atomic E-state index is 14.8. The third-order valence-corrected chi connectivity index (χ3v) is 11.1. The van der Waals surface area contributed by atoms with Crippen molar-refractivity contribution in [2.75, 3.05) is 34.4 Å². The SMILES string of the molecule is CC1(C)[C@@H](O)C[C@H]1Nc1nc(NCCc2ccc(CC3(C)[C@@H](O)C[C@H]3Nc3nc(NCC(F)(F)c4ccccc4)ncc3C#N)cc2C(F)(F)F)ncc1C#N. The molecule has 1 unspecified atom stereocenters. The maximum Gasteiger partial charge on any atom is 0.416 e. The van der Waals surface area contributed by atoms with Crippen LogP contribution in [0.25, 0.3) is 0 Å². The molecule has 2 fully saturated rings. The van der Waals surface area contributed by atoms with Gasteiger partial charge in [-0.1, -0.05) is 63.2 Å². The lowest BCUT2D eigenvalue weighted by Gasteiger charge is -2.52. The van der Waals surface area contributed by atoms with Crippen LogP contribution in [0.5, 0.6) is 0 Å². The van der Waals surface area contributed by atoms with E-state index in [1.54, 1.807) is 19.1 Å². The van der Waals surface area contributed by atoms with Gasteiger partial charge in [0.1, 0.15) is 34.9 Å². The molecule has 2 aliphatic carbocycles. The number of halogens is 5.